The summed E-state index contributed by atoms with van der Waals surface area (Å²) in [4.78, 5) is 5.67. The lowest BCUT2D eigenvalue weighted by Crippen LogP contribution is -2.21. The summed E-state index contributed by atoms with van der Waals surface area (Å²) < 4.78 is 1.16. The molecule has 0 fully saturated rings. The molecule has 0 amide bonds. The summed E-state index contributed by atoms with van der Waals surface area (Å²) in [6, 6.07) is 6.51. The number of pyridine rings is 1. The maximum atomic E-state index is 4.37. The highest BCUT2D eigenvalue weighted by molar-refractivity contribution is 9.10. The second-order valence-corrected chi connectivity index (χ2v) is 5.66. The zero-order valence-electron chi connectivity index (χ0n) is 9.90. The zero-order chi connectivity index (χ0) is 12.3. The topological polar surface area (TPSA) is 24.9 Å². The van der Waals surface area contributed by atoms with E-state index in [1.54, 1.807) is 11.3 Å². The van der Waals surface area contributed by atoms with Gasteiger partial charge in [-0.05, 0) is 52.5 Å². The molecule has 0 radical (unpaired) electrons. The van der Waals surface area contributed by atoms with Gasteiger partial charge >= 0.3 is 0 Å². The van der Waals surface area contributed by atoms with Gasteiger partial charge in [0.2, 0.25) is 0 Å². The molecular weight excluding hydrogens is 296 g/mol. The van der Waals surface area contributed by atoms with Crippen molar-refractivity contribution in [3.63, 3.8) is 0 Å². The number of halogens is 1. The largest absolute Gasteiger partial charge is 0.306 e. The highest BCUT2D eigenvalue weighted by atomic mass is 79.9. The van der Waals surface area contributed by atoms with Crippen LogP contribution in [0.25, 0.3) is 0 Å². The number of nitrogens with zero attached hydrogens (tertiary/aromatic N) is 1. The minimum atomic E-state index is 0.225. The van der Waals surface area contributed by atoms with Crippen LogP contribution in [0.1, 0.15) is 29.1 Å². The summed E-state index contributed by atoms with van der Waals surface area (Å²) in [6.07, 6.45) is 1.95. The van der Waals surface area contributed by atoms with Crippen LogP contribution in [0.15, 0.2) is 34.2 Å². The van der Waals surface area contributed by atoms with Gasteiger partial charge in [-0.25, -0.2) is 0 Å². The average molecular weight is 311 g/mol. The maximum absolute atomic E-state index is 4.37. The van der Waals surface area contributed by atoms with Crippen LogP contribution in [0.2, 0.25) is 0 Å². The minimum Gasteiger partial charge on any atom is -0.306 e. The number of hydrogen-bond donors (Lipinski definition) is 1. The number of nitrogens with one attached hydrogen (secondary N) is 1. The van der Waals surface area contributed by atoms with Crippen LogP contribution in [0, 0.1) is 6.92 Å². The third kappa shape index (κ3) is 2.94. The standard InChI is InChI=1S/C13H15BrN2S/c1-3-15-12(13-11(14)6-7-17-13)10-5-4-9(2)16-8-10/h4-8,12,15H,3H2,1-2H3. The average Bonchev–Trinajstić information content (AvgIpc) is 2.74. The number of thiophene rings is 1. The van der Waals surface area contributed by atoms with E-state index in [4.69, 9.17) is 0 Å². The Morgan fingerprint density at radius 2 is 2.24 bits per heavy atom. The Morgan fingerprint density at radius 3 is 2.76 bits per heavy atom. The highest BCUT2D eigenvalue weighted by Gasteiger charge is 2.17. The van der Waals surface area contributed by atoms with Gasteiger partial charge in [0, 0.05) is 21.2 Å². The molecule has 0 bridgehead atoms. The molecule has 0 spiro atoms. The monoisotopic (exact) mass is 310 g/mol. The Balaban J connectivity index is 2.35. The van der Waals surface area contributed by atoms with Gasteiger partial charge in [-0.3, -0.25) is 4.98 Å². The number of hydrogen-bond acceptors (Lipinski definition) is 3. The molecule has 0 aliphatic carbocycles. The summed E-state index contributed by atoms with van der Waals surface area (Å²) in [7, 11) is 0. The first-order valence-electron chi connectivity index (χ1n) is 5.61. The van der Waals surface area contributed by atoms with E-state index in [1.165, 1.54) is 10.4 Å². The van der Waals surface area contributed by atoms with Crippen molar-refractivity contribution in [2.45, 2.75) is 19.9 Å². The zero-order valence-corrected chi connectivity index (χ0v) is 12.3. The van der Waals surface area contributed by atoms with Gasteiger partial charge in [0.1, 0.15) is 0 Å². The van der Waals surface area contributed by atoms with Crippen LogP contribution < -0.4 is 5.32 Å². The molecule has 2 aromatic rings. The molecule has 0 aromatic carbocycles. The summed E-state index contributed by atoms with van der Waals surface area (Å²) in [5, 5.41) is 5.60. The van der Waals surface area contributed by atoms with Crippen LogP contribution in [-0.4, -0.2) is 11.5 Å². The maximum Gasteiger partial charge on any atom is 0.0697 e. The van der Waals surface area contributed by atoms with E-state index in [2.05, 4.69) is 56.7 Å². The molecular formula is C13H15BrN2S. The van der Waals surface area contributed by atoms with E-state index in [0.29, 0.717) is 0 Å². The Morgan fingerprint density at radius 1 is 1.41 bits per heavy atom. The molecule has 2 nitrogen and oxygen atoms in total. The molecule has 1 unspecified atom stereocenters. The summed E-state index contributed by atoms with van der Waals surface area (Å²) >= 11 is 5.36. The van der Waals surface area contributed by atoms with E-state index in [0.717, 1.165) is 16.7 Å². The molecule has 2 heterocycles. The normalized spacial score (nSPS) is 12.6. The molecule has 17 heavy (non-hydrogen) atoms. The van der Waals surface area contributed by atoms with Gasteiger partial charge in [-0.15, -0.1) is 11.3 Å². The van der Waals surface area contributed by atoms with Gasteiger partial charge in [0.05, 0.1) is 6.04 Å². The van der Waals surface area contributed by atoms with Crippen molar-refractivity contribution >= 4 is 27.3 Å². The predicted octanol–water partition coefficient (Wildman–Crippen LogP) is 3.91. The summed E-state index contributed by atoms with van der Waals surface area (Å²) in [5.74, 6) is 0. The molecule has 0 aliphatic rings. The van der Waals surface area contributed by atoms with Crippen LogP contribution in [-0.2, 0) is 0 Å². The van der Waals surface area contributed by atoms with E-state index >= 15 is 0 Å². The van der Waals surface area contributed by atoms with Crippen molar-refractivity contribution in [3.8, 4) is 0 Å². The fraction of sp³-hybridized carbons (Fsp3) is 0.308. The van der Waals surface area contributed by atoms with Gasteiger partial charge in [0.25, 0.3) is 0 Å². The van der Waals surface area contributed by atoms with Gasteiger partial charge in [-0.2, -0.15) is 0 Å². The van der Waals surface area contributed by atoms with Crippen molar-refractivity contribution in [2.24, 2.45) is 0 Å². The summed E-state index contributed by atoms with van der Waals surface area (Å²) in [6.45, 7) is 5.06. The molecule has 90 valence electrons. The lowest BCUT2D eigenvalue weighted by Gasteiger charge is -2.17. The van der Waals surface area contributed by atoms with Crippen molar-refractivity contribution in [1.29, 1.82) is 0 Å². The highest BCUT2D eigenvalue weighted by Crippen LogP contribution is 2.32. The third-order valence-electron chi connectivity index (χ3n) is 2.58. The van der Waals surface area contributed by atoms with Crippen molar-refractivity contribution in [2.75, 3.05) is 6.54 Å². The van der Waals surface area contributed by atoms with E-state index in [1.807, 2.05) is 13.1 Å². The molecule has 0 aliphatic heterocycles. The van der Waals surface area contributed by atoms with Crippen LogP contribution in [0.5, 0.6) is 0 Å². The molecule has 2 aromatic heterocycles. The van der Waals surface area contributed by atoms with Gasteiger partial charge in [-0.1, -0.05) is 13.0 Å². The minimum absolute atomic E-state index is 0.225. The number of rotatable bonds is 4. The van der Waals surface area contributed by atoms with Crippen LogP contribution in [0.4, 0.5) is 0 Å². The van der Waals surface area contributed by atoms with E-state index < -0.39 is 0 Å². The van der Waals surface area contributed by atoms with Crippen molar-refractivity contribution < 1.29 is 0 Å². The van der Waals surface area contributed by atoms with Crippen LogP contribution >= 0.6 is 27.3 Å². The molecule has 1 N–H and O–H groups in total. The molecule has 4 heteroatoms. The fourth-order valence-corrected chi connectivity index (χ4v) is 3.43. The first-order chi connectivity index (χ1) is 8.22. The Labute approximate surface area is 114 Å². The van der Waals surface area contributed by atoms with Crippen molar-refractivity contribution in [1.82, 2.24) is 10.3 Å². The first-order valence-corrected chi connectivity index (χ1v) is 7.28. The van der Waals surface area contributed by atoms with Crippen molar-refractivity contribution in [3.05, 3.63) is 50.4 Å². The SMILES string of the molecule is CCNC(c1ccc(C)nc1)c1sccc1Br. The smallest absolute Gasteiger partial charge is 0.0697 e. The van der Waals surface area contributed by atoms with E-state index in [9.17, 15) is 0 Å². The fourth-order valence-electron chi connectivity index (χ4n) is 1.73. The molecule has 2 rings (SSSR count). The predicted molar refractivity (Wildman–Crippen MR) is 76.5 cm³/mol. The molecule has 1 atom stereocenters. The van der Waals surface area contributed by atoms with Gasteiger partial charge in [0.15, 0.2) is 0 Å². The second kappa shape index (κ2) is 5.76. The lowest BCUT2D eigenvalue weighted by molar-refractivity contribution is 0.635. The summed E-state index contributed by atoms with van der Waals surface area (Å²) in [5.41, 5.74) is 2.26. The Hall–Kier alpha value is -0.710. The Bertz CT molecular complexity index is 478. The van der Waals surface area contributed by atoms with Crippen LogP contribution in [0.3, 0.4) is 0 Å². The quantitative estimate of drug-likeness (QED) is 0.926. The Kier molecular flexibility index (Phi) is 4.31. The lowest BCUT2D eigenvalue weighted by atomic mass is 10.1. The molecule has 0 saturated heterocycles. The van der Waals surface area contributed by atoms with Gasteiger partial charge < -0.3 is 5.32 Å². The second-order valence-electron chi connectivity index (χ2n) is 3.86. The molecule has 0 saturated carbocycles. The number of aryl methyl sites for hydroxylation is 1. The van der Waals surface area contributed by atoms with E-state index in [-0.39, 0.29) is 6.04 Å². The third-order valence-corrected chi connectivity index (χ3v) is 4.52. The number of aromatic nitrogens is 1. The first kappa shape index (κ1) is 12.7.